The Hall–Kier alpha value is -2.05. The maximum atomic E-state index is 12.2. The largest absolute Gasteiger partial charge is 0.480 e. The van der Waals surface area contributed by atoms with Crippen LogP contribution in [0.3, 0.4) is 0 Å². The minimum absolute atomic E-state index is 0.305. The van der Waals surface area contributed by atoms with E-state index in [9.17, 15) is 9.59 Å². The second-order valence-electron chi connectivity index (χ2n) is 4.18. The third-order valence-electron chi connectivity index (χ3n) is 2.65. The summed E-state index contributed by atoms with van der Waals surface area (Å²) in [6.45, 7) is -0.0970. The number of anilines is 1. The van der Waals surface area contributed by atoms with E-state index in [1.807, 2.05) is 6.07 Å². The van der Waals surface area contributed by atoms with Crippen molar-refractivity contribution in [3.8, 4) is 0 Å². The van der Waals surface area contributed by atoms with Gasteiger partial charge in [0, 0.05) is 10.6 Å². The van der Waals surface area contributed by atoms with Crippen molar-refractivity contribution in [1.29, 1.82) is 0 Å². The number of nitrogens with zero attached hydrogens (tertiary/aromatic N) is 1. The third kappa shape index (κ3) is 4.47. The molecule has 0 saturated carbocycles. The number of carbonyl (C=O) groups is 2. The number of carbonyl (C=O) groups excluding carboxylic acids is 1. The molecule has 7 heteroatoms. The number of benzene rings is 1. The van der Waals surface area contributed by atoms with Crippen LogP contribution < -0.4 is 10.2 Å². The van der Waals surface area contributed by atoms with Crippen molar-refractivity contribution in [3.05, 3.63) is 51.7 Å². The lowest BCUT2D eigenvalue weighted by molar-refractivity contribution is -0.135. The molecule has 0 aliphatic heterocycles. The second kappa shape index (κ2) is 7.10. The van der Waals surface area contributed by atoms with E-state index in [2.05, 4.69) is 5.32 Å². The molecule has 2 N–H and O–H groups in total. The van der Waals surface area contributed by atoms with Crippen LogP contribution in [0.4, 0.5) is 10.5 Å². The third-order valence-corrected chi connectivity index (χ3v) is 3.88. The number of thiophene rings is 1. The molecular formula is C14H13ClN2O3S. The lowest BCUT2D eigenvalue weighted by Gasteiger charge is -2.21. The van der Waals surface area contributed by atoms with Crippen LogP contribution in [0, 0.1) is 0 Å². The van der Waals surface area contributed by atoms with E-state index < -0.39 is 18.5 Å². The van der Waals surface area contributed by atoms with Gasteiger partial charge in [0.15, 0.2) is 0 Å². The summed E-state index contributed by atoms with van der Waals surface area (Å²) < 4.78 is 0.643. The summed E-state index contributed by atoms with van der Waals surface area (Å²) >= 11 is 7.19. The van der Waals surface area contributed by atoms with E-state index in [0.717, 1.165) is 4.88 Å². The van der Waals surface area contributed by atoms with Crippen molar-refractivity contribution in [2.75, 3.05) is 11.4 Å². The molecule has 2 amide bonds. The summed E-state index contributed by atoms with van der Waals surface area (Å²) in [6.07, 6.45) is 0. The fraction of sp³-hybridized carbons (Fsp3) is 0.143. The molecule has 1 heterocycles. The number of carboxylic acid groups (broad SMARTS) is 1. The highest BCUT2D eigenvalue weighted by Crippen LogP contribution is 2.21. The molecule has 5 nitrogen and oxygen atoms in total. The van der Waals surface area contributed by atoms with Gasteiger partial charge in [0.2, 0.25) is 0 Å². The molecule has 0 aliphatic carbocycles. The zero-order valence-corrected chi connectivity index (χ0v) is 12.5. The van der Waals surface area contributed by atoms with E-state index in [-0.39, 0.29) is 0 Å². The minimum Gasteiger partial charge on any atom is -0.480 e. The average Bonchev–Trinajstić information content (AvgIpc) is 2.88. The summed E-state index contributed by atoms with van der Waals surface area (Å²) in [5.41, 5.74) is 0.529. The van der Waals surface area contributed by atoms with Crippen LogP contribution >= 0.6 is 22.9 Å². The predicted molar refractivity (Wildman–Crippen MR) is 83.0 cm³/mol. The van der Waals surface area contributed by atoms with Gasteiger partial charge in [-0.3, -0.25) is 9.69 Å². The molecule has 0 bridgehead atoms. The normalized spacial score (nSPS) is 10.1. The Balaban J connectivity index is 2.05. The number of nitrogens with one attached hydrogen (secondary N) is 1. The molecular weight excluding hydrogens is 312 g/mol. The number of para-hydroxylation sites is 1. The standard InChI is InChI=1S/C14H13ClN2O3S/c15-12-7-6-11(21-12)8-16-14(20)17(9-13(18)19)10-4-2-1-3-5-10/h1-7H,8-9H2,(H,16,20)(H,18,19). The van der Waals surface area contributed by atoms with Crippen LogP contribution in [0.25, 0.3) is 0 Å². The van der Waals surface area contributed by atoms with Crippen molar-refractivity contribution in [3.63, 3.8) is 0 Å². The molecule has 2 rings (SSSR count). The summed E-state index contributed by atoms with van der Waals surface area (Å²) in [7, 11) is 0. The Bertz CT molecular complexity index is 630. The maximum Gasteiger partial charge on any atom is 0.323 e. The van der Waals surface area contributed by atoms with E-state index in [1.165, 1.54) is 16.2 Å². The number of halogens is 1. The van der Waals surface area contributed by atoms with E-state index >= 15 is 0 Å². The fourth-order valence-electron chi connectivity index (χ4n) is 1.73. The topological polar surface area (TPSA) is 69.6 Å². The predicted octanol–water partition coefficient (Wildman–Crippen LogP) is 3.20. The van der Waals surface area contributed by atoms with Crippen molar-refractivity contribution in [1.82, 2.24) is 5.32 Å². The van der Waals surface area contributed by atoms with Gasteiger partial charge in [-0.25, -0.2) is 4.79 Å². The first-order valence-electron chi connectivity index (χ1n) is 6.12. The van der Waals surface area contributed by atoms with Gasteiger partial charge in [-0.05, 0) is 24.3 Å². The summed E-state index contributed by atoms with van der Waals surface area (Å²) in [6, 6.07) is 11.8. The number of amides is 2. The van der Waals surface area contributed by atoms with E-state index in [4.69, 9.17) is 16.7 Å². The highest BCUT2D eigenvalue weighted by molar-refractivity contribution is 7.16. The van der Waals surface area contributed by atoms with Crippen LogP contribution in [0.2, 0.25) is 4.34 Å². The Kier molecular flexibility index (Phi) is 5.19. The van der Waals surface area contributed by atoms with E-state index in [0.29, 0.717) is 16.6 Å². The Morgan fingerprint density at radius 3 is 2.48 bits per heavy atom. The molecule has 0 fully saturated rings. The second-order valence-corrected chi connectivity index (χ2v) is 5.98. The summed E-state index contributed by atoms with van der Waals surface area (Å²) in [5, 5.41) is 11.6. The maximum absolute atomic E-state index is 12.2. The van der Waals surface area contributed by atoms with Gasteiger partial charge in [0.1, 0.15) is 6.54 Å². The van der Waals surface area contributed by atoms with Crippen molar-refractivity contribution in [2.45, 2.75) is 6.54 Å². The van der Waals surface area contributed by atoms with Gasteiger partial charge in [-0.15, -0.1) is 11.3 Å². The molecule has 0 radical (unpaired) electrons. The number of hydrogen-bond acceptors (Lipinski definition) is 3. The van der Waals surface area contributed by atoms with Gasteiger partial charge in [-0.1, -0.05) is 29.8 Å². The zero-order chi connectivity index (χ0) is 15.2. The van der Waals surface area contributed by atoms with Gasteiger partial charge in [0.05, 0.1) is 10.9 Å². The van der Waals surface area contributed by atoms with Gasteiger partial charge in [-0.2, -0.15) is 0 Å². The zero-order valence-electron chi connectivity index (χ0n) is 11.0. The molecule has 0 saturated heterocycles. The van der Waals surface area contributed by atoms with Crippen LogP contribution in [-0.2, 0) is 11.3 Å². The monoisotopic (exact) mass is 324 g/mol. The average molecular weight is 325 g/mol. The first-order valence-corrected chi connectivity index (χ1v) is 7.32. The van der Waals surface area contributed by atoms with Gasteiger partial charge in [0.25, 0.3) is 0 Å². The lowest BCUT2D eigenvalue weighted by Crippen LogP contribution is -2.42. The molecule has 1 aromatic heterocycles. The van der Waals surface area contributed by atoms with Gasteiger partial charge < -0.3 is 10.4 Å². The van der Waals surface area contributed by atoms with Crippen molar-refractivity contribution < 1.29 is 14.7 Å². The molecule has 0 aliphatic rings. The van der Waals surface area contributed by atoms with Crippen LogP contribution in [0.15, 0.2) is 42.5 Å². The first-order chi connectivity index (χ1) is 10.1. The lowest BCUT2D eigenvalue weighted by atomic mass is 10.3. The van der Waals surface area contributed by atoms with Crippen LogP contribution in [0.1, 0.15) is 4.88 Å². The number of carboxylic acids is 1. The van der Waals surface area contributed by atoms with Crippen molar-refractivity contribution >= 4 is 40.6 Å². The highest BCUT2D eigenvalue weighted by atomic mass is 35.5. The summed E-state index contributed by atoms with van der Waals surface area (Å²) in [5.74, 6) is -1.08. The SMILES string of the molecule is O=C(O)CN(C(=O)NCc1ccc(Cl)s1)c1ccccc1. The molecule has 0 atom stereocenters. The number of rotatable bonds is 5. The Labute approximate surface area is 130 Å². The quantitative estimate of drug-likeness (QED) is 0.887. The number of aliphatic carboxylic acids is 1. The Morgan fingerprint density at radius 2 is 1.90 bits per heavy atom. The molecule has 21 heavy (non-hydrogen) atoms. The van der Waals surface area contributed by atoms with Crippen molar-refractivity contribution in [2.24, 2.45) is 0 Å². The summed E-state index contributed by atoms with van der Waals surface area (Å²) in [4.78, 5) is 25.2. The fourth-order valence-corrected chi connectivity index (χ4v) is 2.76. The molecule has 2 aromatic rings. The highest BCUT2D eigenvalue weighted by Gasteiger charge is 2.18. The van der Waals surface area contributed by atoms with Crippen LogP contribution in [-0.4, -0.2) is 23.7 Å². The smallest absolute Gasteiger partial charge is 0.323 e. The molecule has 1 aromatic carbocycles. The minimum atomic E-state index is -1.08. The molecule has 0 unspecified atom stereocenters. The van der Waals surface area contributed by atoms with Crippen LogP contribution in [0.5, 0.6) is 0 Å². The van der Waals surface area contributed by atoms with E-state index in [1.54, 1.807) is 36.4 Å². The number of urea groups is 1. The first kappa shape index (κ1) is 15.3. The molecule has 110 valence electrons. The Morgan fingerprint density at radius 1 is 1.19 bits per heavy atom. The van der Waals surface area contributed by atoms with Gasteiger partial charge >= 0.3 is 12.0 Å². The number of hydrogen-bond donors (Lipinski definition) is 2. The molecule has 0 spiro atoms.